The van der Waals surface area contributed by atoms with Gasteiger partial charge in [0.15, 0.2) is 0 Å². The zero-order chi connectivity index (χ0) is 21.7. The van der Waals surface area contributed by atoms with Crippen molar-refractivity contribution >= 4 is 17.5 Å². The third-order valence-corrected chi connectivity index (χ3v) is 10.1. The van der Waals surface area contributed by atoms with Gasteiger partial charge in [0.25, 0.3) is 0 Å². The van der Waals surface area contributed by atoms with Crippen LogP contribution in [0.5, 0.6) is 0 Å². The molecule has 0 bridgehead atoms. The van der Waals surface area contributed by atoms with E-state index in [1.807, 2.05) is 6.92 Å². The van der Waals surface area contributed by atoms with Gasteiger partial charge in [-0.2, -0.15) is 0 Å². The predicted octanol–water partition coefficient (Wildman–Crippen LogP) is 5.37. The van der Waals surface area contributed by atoms with Gasteiger partial charge >= 0.3 is 5.97 Å². The molecule has 0 N–H and O–H groups in total. The summed E-state index contributed by atoms with van der Waals surface area (Å²) < 4.78 is 5.10. The Kier molecular flexibility index (Phi) is 5.91. The van der Waals surface area contributed by atoms with Crippen molar-refractivity contribution in [3.05, 3.63) is 0 Å². The summed E-state index contributed by atoms with van der Waals surface area (Å²) in [4.78, 5) is 39.0. The van der Waals surface area contributed by atoms with Crippen LogP contribution in [-0.4, -0.2) is 24.1 Å². The van der Waals surface area contributed by atoms with E-state index < -0.39 is 5.41 Å². The number of carbonyl (C=O) groups is 3. The van der Waals surface area contributed by atoms with Crippen LogP contribution in [0.25, 0.3) is 0 Å². The third-order valence-electron chi connectivity index (χ3n) is 10.1. The molecule has 4 aliphatic rings. The molecule has 4 fully saturated rings. The van der Waals surface area contributed by atoms with Crippen LogP contribution >= 0.6 is 0 Å². The lowest BCUT2D eigenvalue weighted by molar-refractivity contribution is -0.165. The van der Waals surface area contributed by atoms with Crippen LogP contribution < -0.4 is 0 Å². The zero-order valence-electron chi connectivity index (χ0n) is 19.4. The summed E-state index contributed by atoms with van der Waals surface area (Å²) in [5.41, 5.74) is -0.232. The summed E-state index contributed by atoms with van der Waals surface area (Å²) in [7, 11) is 0. The SMILES string of the molecule is CCOC(=O)CC[C@@H](C)[C@H]1CC[C@H]2[C@@H]3C(=O)C[C@@H]4CCCC[C@]4(C)[C@H]3CC(=O)[C@]12C. The second-order valence-electron chi connectivity index (χ2n) is 11.3. The number of hydrogen-bond donors (Lipinski definition) is 0. The molecule has 8 atom stereocenters. The molecule has 0 aliphatic heterocycles. The largest absolute Gasteiger partial charge is 0.466 e. The summed E-state index contributed by atoms with van der Waals surface area (Å²) >= 11 is 0. The van der Waals surface area contributed by atoms with Gasteiger partial charge < -0.3 is 4.74 Å². The molecule has 4 aliphatic carbocycles. The first-order valence-electron chi connectivity index (χ1n) is 12.4. The van der Waals surface area contributed by atoms with Crippen molar-refractivity contribution < 1.29 is 19.1 Å². The van der Waals surface area contributed by atoms with Gasteiger partial charge in [0.1, 0.15) is 11.6 Å². The van der Waals surface area contributed by atoms with E-state index in [4.69, 9.17) is 4.74 Å². The van der Waals surface area contributed by atoms with Gasteiger partial charge in [-0.3, -0.25) is 14.4 Å². The van der Waals surface area contributed by atoms with E-state index in [1.54, 1.807) is 0 Å². The van der Waals surface area contributed by atoms with Crippen molar-refractivity contribution in [2.45, 2.75) is 91.9 Å². The van der Waals surface area contributed by atoms with Crippen LogP contribution in [-0.2, 0) is 19.1 Å². The minimum absolute atomic E-state index is 0.0781. The molecule has 0 spiro atoms. The number of rotatable bonds is 5. The molecule has 168 valence electrons. The quantitative estimate of drug-likeness (QED) is 0.565. The van der Waals surface area contributed by atoms with Crippen LogP contribution in [0.3, 0.4) is 0 Å². The highest BCUT2D eigenvalue weighted by atomic mass is 16.5. The van der Waals surface area contributed by atoms with Crippen LogP contribution in [0.15, 0.2) is 0 Å². The summed E-state index contributed by atoms with van der Waals surface area (Å²) in [6.45, 7) is 9.00. The Bertz CT molecular complexity index is 714. The van der Waals surface area contributed by atoms with E-state index in [-0.39, 0.29) is 35.1 Å². The summed E-state index contributed by atoms with van der Waals surface area (Å²) in [6.07, 6.45) is 9.34. The fourth-order valence-corrected chi connectivity index (χ4v) is 8.41. The minimum atomic E-state index is -0.400. The van der Waals surface area contributed by atoms with Crippen LogP contribution in [0.2, 0.25) is 0 Å². The molecule has 4 nitrogen and oxygen atoms in total. The second-order valence-corrected chi connectivity index (χ2v) is 11.3. The molecule has 0 amide bonds. The first-order chi connectivity index (χ1) is 14.2. The lowest BCUT2D eigenvalue weighted by atomic mass is 9.44. The molecular formula is C26H40O4. The van der Waals surface area contributed by atoms with Gasteiger partial charge in [0.2, 0.25) is 0 Å². The van der Waals surface area contributed by atoms with E-state index in [1.165, 1.54) is 19.3 Å². The van der Waals surface area contributed by atoms with Crippen molar-refractivity contribution in [3.8, 4) is 0 Å². The highest BCUT2D eigenvalue weighted by molar-refractivity contribution is 5.92. The molecular weight excluding hydrogens is 376 g/mol. The van der Waals surface area contributed by atoms with E-state index in [9.17, 15) is 14.4 Å². The zero-order valence-corrected chi connectivity index (χ0v) is 19.4. The standard InChI is InChI=1S/C26H40O4/c1-5-30-23(29)12-9-16(2)18-10-11-19-24-20(15-22(28)26(18,19)4)25(3)13-7-6-8-17(25)14-21(24)27/h16-20,24H,5-15H2,1-4H3/t16-,17+,18-,19+,20+,24+,25+,26-/m1/s1. The monoisotopic (exact) mass is 416 g/mol. The lowest BCUT2D eigenvalue weighted by Gasteiger charge is -2.59. The number of ketones is 2. The molecule has 30 heavy (non-hydrogen) atoms. The van der Waals surface area contributed by atoms with Crippen molar-refractivity contribution in [1.82, 2.24) is 0 Å². The fraction of sp³-hybridized carbons (Fsp3) is 0.885. The van der Waals surface area contributed by atoms with Crippen LogP contribution in [0.1, 0.15) is 91.9 Å². The van der Waals surface area contributed by atoms with E-state index in [0.29, 0.717) is 42.9 Å². The van der Waals surface area contributed by atoms with Crippen molar-refractivity contribution in [2.75, 3.05) is 6.61 Å². The van der Waals surface area contributed by atoms with Gasteiger partial charge in [-0.05, 0) is 74.0 Å². The number of fused-ring (bicyclic) bond motifs is 5. The summed E-state index contributed by atoms with van der Waals surface area (Å²) in [6, 6.07) is 0. The van der Waals surface area contributed by atoms with Gasteiger partial charge in [-0.25, -0.2) is 0 Å². The maximum atomic E-state index is 13.7. The number of hydrogen-bond acceptors (Lipinski definition) is 4. The predicted molar refractivity (Wildman–Crippen MR) is 116 cm³/mol. The third kappa shape index (κ3) is 3.28. The molecule has 4 rings (SSSR count). The molecule has 4 heteroatoms. The minimum Gasteiger partial charge on any atom is -0.466 e. The highest BCUT2D eigenvalue weighted by Crippen LogP contribution is 2.66. The topological polar surface area (TPSA) is 60.4 Å². The normalized spacial score (nSPS) is 44.1. The van der Waals surface area contributed by atoms with E-state index >= 15 is 0 Å². The van der Waals surface area contributed by atoms with Crippen molar-refractivity contribution in [1.29, 1.82) is 0 Å². The van der Waals surface area contributed by atoms with E-state index in [0.717, 1.165) is 32.1 Å². The Balaban J connectivity index is 1.56. The fourth-order valence-electron chi connectivity index (χ4n) is 8.41. The maximum Gasteiger partial charge on any atom is 0.305 e. The molecule has 0 saturated heterocycles. The molecule has 0 aromatic carbocycles. The lowest BCUT2D eigenvalue weighted by Crippen LogP contribution is -2.59. The second kappa shape index (κ2) is 8.06. The molecule has 0 unspecified atom stereocenters. The Hall–Kier alpha value is -1.19. The molecule has 0 aromatic rings. The number of esters is 1. The molecule has 4 saturated carbocycles. The molecule has 0 heterocycles. The molecule has 0 radical (unpaired) electrons. The smallest absolute Gasteiger partial charge is 0.305 e. The highest BCUT2D eigenvalue weighted by Gasteiger charge is 2.65. The van der Waals surface area contributed by atoms with Gasteiger partial charge in [-0.1, -0.05) is 33.6 Å². The number of carbonyl (C=O) groups excluding carboxylic acids is 3. The molecule has 0 aromatic heterocycles. The van der Waals surface area contributed by atoms with Gasteiger partial charge in [-0.15, -0.1) is 0 Å². The first-order valence-corrected chi connectivity index (χ1v) is 12.4. The average molecular weight is 417 g/mol. The first kappa shape index (κ1) is 22.0. The van der Waals surface area contributed by atoms with Crippen LogP contribution in [0.4, 0.5) is 0 Å². The number of Topliss-reactive ketones (excluding diaryl/α,β-unsaturated/α-hetero) is 2. The van der Waals surface area contributed by atoms with Crippen molar-refractivity contribution in [3.63, 3.8) is 0 Å². The van der Waals surface area contributed by atoms with Crippen molar-refractivity contribution in [2.24, 2.45) is 46.3 Å². The average Bonchev–Trinajstić information content (AvgIpc) is 3.06. The Morgan fingerprint density at radius 3 is 2.60 bits per heavy atom. The summed E-state index contributed by atoms with van der Waals surface area (Å²) in [5.74, 6) is 2.29. The number of ether oxygens (including phenoxy) is 1. The Morgan fingerprint density at radius 1 is 1.10 bits per heavy atom. The summed E-state index contributed by atoms with van der Waals surface area (Å²) in [5, 5.41) is 0. The van der Waals surface area contributed by atoms with Gasteiger partial charge in [0.05, 0.1) is 6.61 Å². The Morgan fingerprint density at radius 2 is 1.87 bits per heavy atom. The maximum absolute atomic E-state index is 13.7. The van der Waals surface area contributed by atoms with E-state index in [2.05, 4.69) is 20.8 Å². The Labute approximate surface area is 181 Å². The van der Waals surface area contributed by atoms with Crippen LogP contribution in [0, 0.1) is 46.3 Å². The van der Waals surface area contributed by atoms with Gasteiger partial charge in [0, 0.05) is 30.6 Å².